The summed E-state index contributed by atoms with van der Waals surface area (Å²) >= 11 is 3.06. The molecule has 0 saturated carbocycles. The highest BCUT2D eigenvalue weighted by Crippen LogP contribution is 2.30. The Kier molecular flexibility index (Phi) is 5.93. The minimum atomic E-state index is -0.112. The summed E-state index contributed by atoms with van der Waals surface area (Å²) in [5.74, 6) is 1.72. The summed E-state index contributed by atoms with van der Waals surface area (Å²) in [6.45, 7) is 3.92. The van der Waals surface area contributed by atoms with Crippen molar-refractivity contribution in [3.05, 3.63) is 75.3 Å². The zero-order valence-corrected chi connectivity index (χ0v) is 19.1. The molecule has 0 atom stereocenters. The molecule has 1 N–H and O–H groups in total. The number of thiophene rings is 2. The number of rotatable bonds is 8. The highest BCUT2D eigenvalue weighted by molar-refractivity contribution is 7.17. The second kappa shape index (κ2) is 9.15. The molecule has 0 aliphatic carbocycles. The summed E-state index contributed by atoms with van der Waals surface area (Å²) in [7, 11) is 0. The molecule has 4 heterocycles. The van der Waals surface area contributed by atoms with Gasteiger partial charge in [0, 0.05) is 10.9 Å². The molecule has 0 aliphatic heterocycles. The van der Waals surface area contributed by atoms with E-state index in [4.69, 9.17) is 9.40 Å². The van der Waals surface area contributed by atoms with E-state index < -0.39 is 0 Å². The molecule has 7 nitrogen and oxygen atoms in total. The molecule has 0 radical (unpaired) electrons. The van der Waals surface area contributed by atoms with E-state index in [9.17, 15) is 4.79 Å². The SMILES string of the molecule is CCCN(Cc1nc2scc(-c3ccccc3)c2c(=O)[nH]1)Cc1nnc(-c2cccs2)o1. The quantitative estimate of drug-likeness (QED) is 0.341. The van der Waals surface area contributed by atoms with Crippen LogP contribution in [0.4, 0.5) is 0 Å². The lowest BCUT2D eigenvalue weighted by molar-refractivity contribution is 0.227. The van der Waals surface area contributed by atoms with Gasteiger partial charge >= 0.3 is 0 Å². The number of benzene rings is 1. The second-order valence-corrected chi connectivity index (χ2v) is 9.20. The Morgan fingerprint density at radius 1 is 1.06 bits per heavy atom. The zero-order valence-electron chi connectivity index (χ0n) is 17.4. The topological polar surface area (TPSA) is 87.9 Å². The Bertz CT molecular complexity index is 1370. The first-order chi connectivity index (χ1) is 15.7. The number of hydrogen-bond donors (Lipinski definition) is 1. The van der Waals surface area contributed by atoms with E-state index >= 15 is 0 Å². The largest absolute Gasteiger partial charge is 0.419 e. The van der Waals surface area contributed by atoms with Crippen molar-refractivity contribution in [3.8, 4) is 21.9 Å². The van der Waals surface area contributed by atoms with Crippen molar-refractivity contribution in [1.82, 2.24) is 25.1 Å². The van der Waals surface area contributed by atoms with E-state index in [1.54, 1.807) is 11.3 Å². The first-order valence-corrected chi connectivity index (χ1v) is 12.1. The van der Waals surface area contributed by atoms with E-state index in [-0.39, 0.29) is 5.56 Å². The van der Waals surface area contributed by atoms with Gasteiger partial charge in [-0.05, 0) is 30.0 Å². The zero-order chi connectivity index (χ0) is 21.9. The lowest BCUT2D eigenvalue weighted by atomic mass is 10.1. The second-order valence-electron chi connectivity index (χ2n) is 7.40. The molecule has 32 heavy (non-hydrogen) atoms. The van der Waals surface area contributed by atoms with Gasteiger partial charge in [-0.2, -0.15) is 0 Å². The van der Waals surface area contributed by atoms with Gasteiger partial charge in [0.25, 0.3) is 11.4 Å². The summed E-state index contributed by atoms with van der Waals surface area (Å²) in [4.78, 5) is 24.5. The standard InChI is InChI=1S/C23H21N5O2S2/c1-2-10-28(13-19-26-27-22(30-19)17-9-6-11-31-17)12-18-24-21(29)20-16(14-32-23(20)25-18)15-7-4-3-5-8-15/h3-9,11,14H,2,10,12-13H2,1H3,(H,24,25,29). The van der Waals surface area contributed by atoms with Crippen LogP contribution in [0.15, 0.2) is 62.4 Å². The lowest BCUT2D eigenvalue weighted by Crippen LogP contribution is -2.26. The summed E-state index contributed by atoms with van der Waals surface area (Å²) in [5.41, 5.74) is 1.83. The van der Waals surface area contributed by atoms with Gasteiger partial charge in [-0.25, -0.2) is 4.98 Å². The molecule has 0 fully saturated rings. The molecule has 5 aromatic rings. The van der Waals surface area contributed by atoms with Crippen LogP contribution in [0.2, 0.25) is 0 Å². The van der Waals surface area contributed by atoms with Gasteiger partial charge in [0.05, 0.1) is 23.4 Å². The number of nitrogens with zero attached hydrogens (tertiary/aromatic N) is 4. The third-order valence-corrected chi connectivity index (χ3v) is 6.78. The number of hydrogen-bond acceptors (Lipinski definition) is 8. The number of fused-ring (bicyclic) bond motifs is 1. The van der Waals surface area contributed by atoms with Gasteiger partial charge in [-0.15, -0.1) is 32.9 Å². The average Bonchev–Trinajstić information content (AvgIpc) is 3.55. The molecular formula is C23H21N5O2S2. The van der Waals surface area contributed by atoms with Crippen LogP contribution >= 0.6 is 22.7 Å². The van der Waals surface area contributed by atoms with E-state index in [1.165, 1.54) is 11.3 Å². The molecule has 0 saturated heterocycles. The van der Waals surface area contributed by atoms with Gasteiger partial charge < -0.3 is 9.40 Å². The van der Waals surface area contributed by atoms with Crippen molar-refractivity contribution in [2.24, 2.45) is 0 Å². The monoisotopic (exact) mass is 463 g/mol. The van der Waals surface area contributed by atoms with E-state index in [1.807, 2.05) is 53.2 Å². The maximum Gasteiger partial charge on any atom is 0.260 e. The molecule has 5 rings (SSSR count). The van der Waals surface area contributed by atoms with Crippen LogP contribution in [0.25, 0.3) is 32.1 Å². The Morgan fingerprint density at radius 3 is 2.72 bits per heavy atom. The predicted octanol–water partition coefficient (Wildman–Crippen LogP) is 5.18. The van der Waals surface area contributed by atoms with E-state index in [0.29, 0.717) is 36.1 Å². The summed E-state index contributed by atoms with van der Waals surface area (Å²) < 4.78 is 5.85. The fraction of sp³-hybridized carbons (Fsp3) is 0.217. The van der Waals surface area contributed by atoms with Gasteiger partial charge in [-0.3, -0.25) is 9.69 Å². The Morgan fingerprint density at radius 2 is 1.94 bits per heavy atom. The van der Waals surface area contributed by atoms with Crippen molar-refractivity contribution in [3.63, 3.8) is 0 Å². The van der Waals surface area contributed by atoms with E-state index in [0.717, 1.165) is 33.8 Å². The Hall–Kier alpha value is -3.14. The first kappa shape index (κ1) is 20.7. The first-order valence-electron chi connectivity index (χ1n) is 10.4. The molecule has 4 aromatic heterocycles. The maximum atomic E-state index is 12.9. The lowest BCUT2D eigenvalue weighted by Gasteiger charge is -2.18. The molecule has 9 heteroatoms. The van der Waals surface area contributed by atoms with Gasteiger partial charge in [-0.1, -0.05) is 43.3 Å². The molecule has 1 aromatic carbocycles. The van der Waals surface area contributed by atoms with Crippen LogP contribution < -0.4 is 5.56 Å². The molecular weight excluding hydrogens is 442 g/mol. The van der Waals surface area contributed by atoms with Crippen LogP contribution in [0, 0.1) is 0 Å². The van der Waals surface area contributed by atoms with E-state index in [2.05, 4.69) is 27.0 Å². The van der Waals surface area contributed by atoms with Crippen LogP contribution in [0.5, 0.6) is 0 Å². The fourth-order valence-electron chi connectivity index (χ4n) is 3.65. The minimum absolute atomic E-state index is 0.112. The molecule has 0 spiro atoms. The van der Waals surface area contributed by atoms with Crippen molar-refractivity contribution in [2.45, 2.75) is 26.4 Å². The predicted molar refractivity (Wildman–Crippen MR) is 128 cm³/mol. The number of aromatic nitrogens is 4. The van der Waals surface area contributed by atoms with Crippen molar-refractivity contribution in [1.29, 1.82) is 0 Å². The minimum Gasteiger partial charge on any atom is -0.419 e. The fourth-order valence-corrected chi connectivity index (χ4v) is 5.26. The average molecular weight is 464 g/mol. The van der Waals surface area contributed by atoms with Crippen LogP contribution in [-0.2, 0) is 13.1 Å². The van der Waals surface area contributed by atoms with Crippen molar-refractivity contribution >= 4 is 32.9 Å². The van der Waals surface area contributed by atoms with Crippen LogP contribution in [0.1, 0.15) is 25.1 Å². The number of nitrogens with one attached hydrogen (secondary N) is 1. The Balaban J connectivity index is 1.38. The summed E-state index contributed by atoms with van der Waals surface area (Å²) in [6.07, 6.45) is 0.954. The van der Waals surface area contributed by atoms with Crippen molar-refractivity contribution < 1.29 is 4.42 Å². The highest BCUT2D eigenvalue weighted by Gasteiger charge is 2.17. The maximum absolute atomic E-state index is 12.9. The van der Waals surface area contributed by atoms with Gasteiger partial charge in [0.2, 0.25) is 5.89 Å². The number of aromatic amines is 1. The highest BCUT2D eigenvalue weighted by atomic mass is 32.1. The Labute approximate surface area is 192 Å². The van der Waals surface area contributed by atoms with Gasteiger partial charge in [0.15, 0.2) is 0 Å². The van der Waals surface area contributed by atoms with Crippen molar-refractivity contribution in [2.75, 3.05) is 6.54 Å². The molecule has 0 bridgehead atoms. The number of H-pyrrole nitrogens is 1. The van der Waals surface area contributed by atoms with Gasteiger partial charge in [0.1, 0.15) is 10.7 Å². The third-order valence-electron chi connectivity index (χ3n) is 5.05. The summed E-state index contributed by atoms with van der Waals surface area (Å²) in [6, 6.07) is 13.8. The molecule has 0 aliphatic rings. The third kappa shape index (κ3) is 4.27. The molecule has 162 valence electrons. The molecule has 0 unspecified atom stereocenters. The molecule has 0 amide bonds. The van der Waals surface area contributed by atoms with Crippen LogP contribution in [0.3, 0.4) is 0 Å². The smallest absolute Gasteiger partial charge is 0.260 e. The van der Waals surface area contributed by atoms with Crippen LogP contribution in [-0.4, -0.2) is 31.6 Å². The normalized spacial score (nSPS) is 11.6. The summed E-state index contributed by atoms with van der Waals surface area (Å²) in [5, 5.41) is 13.0.